The molecule has 2 nitrogen and oxygen atoms in total. The van der Waals surface area contributed by atoms with E-state index in [9.17, 15) is 0 Å². The van der Waals surface area contributed by atoms with Crippen molar-refractivity contribution in [1.82, 2.24) is 10.2 Å². The Labute approximate surface area is 115 Å². The van der Waals surface area contributed by atoms with E-state index in [-0.39, 0.29) is 0 Å². The summed E-state index contributed by atoms with van der Waals surface area (Å²) in [5.41, 5.74) is 0.318. The predicted octanol–water partition coefficient (Wildman–Crippen LogP) is 3.66. The first kappa shape index (κ1) is 16.0. The fourth-order valence-corrected chi connectivity index (χ4v) is 2.94. The zero-order valence-corrected chi connectivity index (χ0v) is 13.4. The Morgan fingerprint density at radius 3 is 2.50 bits per heavy atom. The molecule has 1 aliphatic rings. The zero-order valence-electron chi connectivity index (χ0n) is 13.4. The summed E-state index contributed by atoms with van der Waals surface area (Å²) in [5.74, 6) is 0.846. The van der Waals surface area contributed by atoms with Gasteiger partial charge in [-0.1, -0.05) is 33.6 Å². The fourth-order valence-electron chi connectivity index (χ4n) is 2.94. The van der Waals surface area contributed by atoms with E-state index >= 15 is 0 Å². The van der Waals surface area contributed by atoms with Crippen molar-refractivity contribution >= 4 is 0 Å². The predicted molar refractivity (Wildman–Crippen MR) is 81.0 cm³/mol. The van der Waals surface area contributed by atoms with Crippen LogP contribution in [0.5, 0.6) is 0 Å². The number of piperazine rings is 1. The summed E-state index contributed by atoms with van der Waals surface area (Å²) in [7, 11) is 0. The first-order valence-corrected chi connectivity index (χ1v) is 7.88. The summed E-state index contributed by atoms with van der Waals surface area (Å²) in [5, 5.41) is 3.71. The number of hydrogen-bond acceptors (Lipinski definition) is 2. The number of rotatable bonds is 6. The lowest BCUT2D eigenvalue weighted by molar-refractivity contribution is 0.0556. The zero-order chi connectivity index (χ0) is 13.8. The highest BCUT2D eigenvalue weighted by Crippen LogP contribution is 2.23. The third-order valence-corrected chi connectivity index (χ3v) is 4.67. The lowest BCUT2D eigenvalue weighted by Crippen LogP contribution is -2.63. The summed E-state index contributed by atoms with van der Waals surface area (Å²) in [4.78, 5) is 2.72. The van der Waals surface area contributed by atoms with Crippen molar-refractivity contribution in [2.75, 3.05) is 13.1 Å². The molecule has 0 bridgehead atoms. The van der Waals surface area contributed by atoms with Gasteiger partial charge in [0.2, 0.25) is 0 Å². The highest BCUT2D eigenvalue weighted by molar-refractivity contribution is 4.94. The van der Waals surface area contributed by atoms with Crippen LogP contribution in [0.4, 0.5) is 0 Å². The Morgan fingerprint density at radius 2 is 1.94 bits per heavy atom. The molecular weight excluding hydrogens is 220 g/mol. The van der Waals surface area contributed by atoms with Gasteiger partial charge in [-0.3, -0.25) is 4.90 Å². The van der Waals surface area contributed by atoms with E-state index in [1.54, 1.807) is 0 Å². The molecule has 0 aromatic heterocycles. The molecule has 0 aromatic rings. The number of nitrogens with one attached hydrogen (secondary N) is 1. The first-order chi connectivity index (χ1) is 8.38. The highest BCUT2D eigenvalue weighted by Gasteiger charge is 2.34. The van der Waals surface area contributed by atoms with Gasteiger partial charge in [0.25, 0.3) is 0 Å². The number of nitrogens with zero attached hydrogens (tertiary/aromatic N) is 1. The molecule has 1 rings (SSSR count). The largest absolute Gasteiger partial charge is 0.309 e. The second-order valence-corrected chi connectivity index (χ2v) is 6.99. The third-order valence-electron chi connectivity index (χ3n) is 4.67. The lowest BCUT2D eigenvalue weighted by atomic mass is 9.91. The van der Waals surface area contributed by atoms with E-state index < -0.39 is 0 Å². The van der Waals surface area contributed by atoms with Crippen LogP contribution in [0.25, 0.3) is 0 Å². The van der Waals surface area contributed by atoms with Crippen molar-refractivity contribution in [2.45, 2.75) is 84.8 Å². The molecule has 18 heavy (non-hydrogen) atoms. The van der Waals surface area contributed by atoms with Crippen LogP contribution in [-0.2, 0) is 0 Å². The molecule has 1 N–H and O–H groups in total. The van der Waals surface area contributed by atoms with E-state index in [0.717, 1.165) is 18.5 Å². The van der Waals surface area contributed by atoms with Crippen LogP contribution in [0.15, 0.2) is 0 Å². The van der Waals surface area contributed by atoms with Gasteiger partial charge in [0, 0.05) is 30.7 Å². The summed E-state index contributed by atoms with van der Waals surface area (Å²) in [6.45, 7) is 16.4. The minimum Gasteiger partial charge on any atom is -0.309 e. The topological polar surface area (TPSA) is 15.3 Å². The molecule has 2 heteroatoms. The molecule has 0 saturated carbocycles. The van der Waals surface area contributed by atoms with E-state index in [0.29, 0.717) is 11.6 Å². The van der Waals surface area contributed by atoms with Crippen LogP contribution in [-0.4, -0.2) is 35.6 Å². The molecule has 108 valence electrons. The van der Waals surface area contributed by atoms with Crippen LogP contribution >= 0.6 is 0 Å². The lowest BCUT2D eigenvalue weighted by Gasteiger charge is -2.47. The van der Waals surface area contributed by atoms with Gasteiger partial charge >= 0.3 is 0 Å². The van der Waals surface area contributed by atoms with Gasteiger partial charge in [0.15, 0.2) is 0 Å². The van der Waals surface area contributed by atoms with E-state index in [1.165, 1.54) is 32.2 Å². The van der Waals surface area contributed by atoms with Crippen LogP contribution in [0.1, 0.15) is 67.2 Å². The maximum Gasteiger partial charge on any atom is 0.0278 e. The maximum atomic E-state index is 3.71. The molecule has 0 aliphatic carbocycles. The third kappa shape index (κ3) is 4.55. The number of hydrogen-bond donors (Lipinski definition) is 1. The molecule has 0 radical (unpaired) electrons. The Bertz CT molecular complexity index is 239. The molecule has 3 atom stereocenters. The maximum absolute atomic E-state index is 3.71. The van der Waals surface area contributed by atoms with Gasteiger partial charge in [-0.05, 0) is 39.5 Å². The highest BCUT2D eigenvalue weighted by atomic mass is 15.3. The van der Waals surface area contributed by atoms with Gasteiger partial charge in [-0.2, -0.15) is 0 Å². The Hall–Kier alpha value is -0.0800. The van der Waals surface area contributed by atoms with E-state index in [1.807, 2.05) is 0 Å². The molecule has 1 fully saturated rings. The average Bonchev–Trinajstić information content (AvgIpc) is 2.32. The normalized spacial score (nSPS) is 31.8. The minimum atomic E-state index is 0.318. The molecule has 1 aliphatic heterocycles. The smallest absolute Gasteiger partial charge is 0.0278 e. The first-order valence-electron chi connectivity index (χ1n) is 7.88. The molecular formula is C16H34N2. The molecule has 0 amide bonds. The van der Waals surface area contributed by atoms with Crippen molar-refractivity contribution in [3.63, 3.8) is 0 Å². The summed E-state index contributed by atoms with van der Waals surface area (Å²) < 4.78 is 0. The molecule has 0 aromatic carbocycles. The Morgan fingerprint density at radius 1 is 1.28 bits per heavy atom. The molecule has 0 spiro atoms. The van der Waals surface area contributed by atoms with Crippen molar-refractivity contribution in [3.05, 3.63) is 0 Å². The summed E-state index contributed by atoms with van der Waals surface area (Å²) in [6.07, 6.45) is 5.31. The van der Waals surface area contributed by atoms with Gasteiger partial charge < -0.3 is 5.32 Å². The minimum absolute atomic E-state index is 0.318. The van der Waals surface area contributed by atoms with Crippen LogP contribution in [0.2, 0.25) is 0 Å². The van der Waals surface area contributed by atoms with Gasteiger partial charge in [-0.25, -0.2) is 0 Å². The van der Waals surface area contributed by atoms with Crippen molar-refractivity contribution < 1.29 is 0 Å². The quantitative estimate of drug-likeness (QED) is 0.778. The van der Waals surface area contributed by atoms with E-state index in [4.69, 9.17) is 0 Å². The fraction of sp³-hybridized carbons (Fsp3) is 1.00. The van der Waals surface area contributed by atoms with Crippen molar-refractivity contribution in [3.8, 4) is 0 Å². The van der Waals surface area contributed by atoms with Gasteiger partial charge in [0.05, 0.1) is 0 Å². The molecule has 3 unspecified atom stereocenters. The second kappa shape index (κ2) is 6.91. The van der Waals surface area contributed by atoms with Crippen LogP contribution in [0, 0.1) is 5.92 Å². The summed E-state index contributed by atoms with van der Waals surface area (Å²) >= 11 is 0. The van der Waals surface area contributed by atoms with Crippen molar-refractivity contribution in [1.29, 1.82) is 0 Å². The molecule has 1 heterocycles. The second-order valence-electron chi connectivity index (χ2n) is 6.99. The van der Waals surface area contributed by atoms with E-state index in [2.05, 4.69) is 51.8 Å². The monoisotopic (exact) mass is 254 g/mol. The average molecular weight is 254 g/mol. The standard InChI is InChI=1S/C16H34N2/c1-7-16(6)12-18(15(5)11-17-16)14(4)10-8-9-13(2)3/h13-15,17H,7-12H2,1-6H3. The summed E-state index contributed by atoms with van der Waals surface area (Å²) in [6, 6.07) is 1.41. The van der Waals surface area contributed by atoms with Crippen LogP contribution < -0.4 is 5.32 Å². The Kier molecular flexibility index (Phi) is 6.13. The van der Waals surface area contributed by atoms with Gasteiger partial charge in [-0.15, -0.1) is 0 Å². The SMILES string of the molecule is CCC1(C)CN(C(C)CCCC(C)C)C(C)CN1. The Balaban J connectivity index is 2.46. The molecule has 1 saturated heterocycles. The van der Waals surface area contributed by atoms with Gasteiger partial charge in [0.1, 0.15) is 0 Å². The van der Waals surface area contributed by atoms with Crippen LogP contribution in [0.3, 0.4) is 0 Å². The van der Waals surface area contributed by atoms with Crippen molar-refractivity contribution in [2.24, 2.45) is 5.92 Å².